The van der Waals surface area contributed by atoms with Gasteiger partial charge in [0.2, 0.25) is 0 Å². The molecule has 1 unspecified atom stereocenters. The summed E-state index contributed by atoms with van der Waals surface area (Å²) >= 11 is 5.43. The third-order valence-electron chi connectivity index (χ3n) is 1.82. The zero-order chi connectivity index (χ0) is 13.9. The van der Waals surface area contributed by atoms with Gasteiger partial charge in [-0.1, -0.05) is 0 Å². The van der Waals surface area contributed by atoms with Gasteiger partial charge in [-0.2, -0.15) is 8.42 Å². The highest BCUT2D eigenvalue weighted by molar-refractivity contribution is 7.90. The number of quaternary nitrogens is 1. The maximum absolute atomic E-state index is 11.6. The lowest BCUT2D eigenvalue weighted by Gasteiger charge is -2.29. The first-order valence-electron chi connectivity index (χ1n) is 4.35. The fourth-order valence-corrected chi connectivity index (χ4v) is 3.97. The molecule has 0 bridgehead atoms. The molecular formula is C6H15ClN3O5S2+. The van der Waals surface area contributed by atoms with Gasteiger partial charge in [-0.05, 0) is 8.83 Å². The summed E-state index contributed by atoms with van der Waals surface area (Å²) in [6.45, 7) is -0.423. The fraction of sp³-hybridized carbons (Fsp3) is 0.833. The molecule has 11 heteroatoms. The van der Waals surface area contributed by atoms with Crippen molar-refractivity contribution in [2.24, 2.45) is 0 Å². The molecule has 0 rings (SSSR count). The van der Waals surface area contributed by atoms with E-state index in [9.17, 15) is 21.6 Å². The number of sulfonamides is 2. The largest absolute Gasteiger partial charge is 0.452 e. The molecule has 0 heterocycles. The van der Waals surface area contributed by atoms with E-state index in [2.05, 4.69) is 5.32 Å². The van der Waals surface area contributed by atoms with E-state index in [0.29, 0.717) is 0 Å². The Morgan fingerprint density at radius 3 is 1.94 bits per heavy atom. The summed E-state index contributed by atoms with van der Waals surface area (Å²) in [7, 11) is -6.81. The molecule has 0 aromatic heterocycles. The van der Waals surface area contributed by atoms with Gasteiger partial charge in [0.15, 0.2) is 0 Å². The predicted octanol–water partition coefficient (Wildman–Crippen LogP) is -1.19. The van der Waals surface area contributed by atoms with E-state index in [-0.39, 0.29) is 5.88 Å². The van der Waals surface area contributed by atoms with Gasteiger partial charge in [-0.3, -0.25) is 0 Å². The van der Waals surface area contributed by atoms with Crippen molar-refractivity contribution >= 4 is 37.7 Å². The number of nitrogens with one attached hydrogen (secondary N) is 2. The van der Waals surface area contributed by atoms with Gasteiger partial charge in [0, 0.05) is 7.05 Å². The first-order chi connectivity index (χ1) is 7.50. The Kier molecular flexibility index (Phi) is 5.35. The maximum Gasteiger partial charge on any atom is 0.452 e. The minimum absolute atomic E-state index is 0.219. The van der Waals surface area contributed by atoms with Crippen LogP contribution in [-0.4, -0.2) is 58.8 Å². The Morgan fingerprint density at radius 2 is 1.71 bits per heavy atom. The third kappa shape index (κ3) is 4.07. The number of hydrogen-bond donors (Lipinski definition) is 2. The normalized spacial score (nSPS) is 16.2. The second kappa shape index (κ2) is 5.48. The topological polar surface area (TPSA) is 109 Å². The van der Waals surface area contributed by atoms with Crippen molar-refractivity contribution in [3.8, 4) is 0 Å². The van der Waals surface area contributed by atoms with E-state index < -0.39 is 36.6 Å². The van der Waals surface area contributed by atoms with Crippen LogP contribution in [0.25, 0.3) is 0 Å². The standard InChI is InChI=1S/C6H14ClN3O5S2/c1-8-6(11)10(5-4-7,17(3,14)15)9-16(2,12)13/h9H,4-5H2,1-3H3/p+1. The highest BCUT2D eigenvalue weighted by atomic mass is 35.5. The Hall–Kier alpha value is -0.420. The molecule has 8 nitrogen and oxygen atoms in total. The number of halogens is 1. The third-order valence-corrected chi connectivity index (χ3v) is 4.32. The van der Waals surface area contributed by atoms with Crippen LogP contribution < -0.4 is 10.1 Å². The van der Waals surface area contributed by atoms with Crippen LogP contribution in [-0.2, 0) is 20.0 Å². The van der Waals surface area contributed by atoms with Gasteiger partial charge in [0.05, 0.1) is 18.4 Å². The highest BCUT2D eigenvalue weighted by Gasteiger charge is 2.49. The van der Waals surface area contributed by atoms with Crippen molar-refractivity contribution in [3.63, 3.8) is 0 Å². The summed E-state index contributed by atoms with van der Waals surface area (Å²) in [6.07, 6.45) is 1.50. The number of carbonyl (C=O) groups is 1. The maximum atomic E-state index is 11.6. The van der Waals surface area contributed by atoms with Crippen molar-refractivity contribution in [1.29, 1.82) is 0 Å². The molecule has 0 spiro atoms. The van der Waals surface area contributed by atoms with Gasteiger partial charge in [0.25, 0.3) is 10.0 Å². The van der Waals surface area contributed by atoms with Crippen molar-refractivity contribution in [3.05, 3.63) is 0 Å². The molecule has 0 aromatic carbocycles. The van der Waals surface area contributed by atoms with E-state index in [1.807, 2.05) is 0 Å². The summed E-state index contributed by atoms with van der Waals surface area (Å²) in [4.78, 5) is 13.4. The number of alkyl halides is 1. The molecule has 0 aliphatic rings. The van der Waals surface area contributed by atoms with E-state index in [1.165, 1.54) is 7.05 Å². The number of carbonyl (C=O) groups excluding carboxylic acids is 1. The lowest BCUT2D eigenvalue weighted by molar-refractivity contribution is -0.751. The number of rotatable bonds is 5. The molecule has 0 saturated carbocycles. The molecule has 0 aliphatic carbocycles. The molecule has 102 valence electrons. The zero-order valence-corrected chi connectivity index (χ0v) is 12.0. The summed E-state index contributed by atoms with van der Waals surface area (Å²) in [5.41, 5.74) is 0. The lowest BCUT2D eigenvalue weighted by Crippen LogP contribution is -2.69. The SMILES string of the molecule is CNC(=O)[N+](CCCl)(NS(C)(=O)=O)S(C)(=O)=O. The monoisotopic (exact) mass is 308 g/mol. The molecule has 0 saturated heterocycles. The van der Waals surface area contributed by atoms with E-state index >= 15 is 0 Å². The lowest BCUT2D eigenvalue weighted by atomic mass is 10.7. The quantitative estimate of drug-likeness (QED) is 0.377. The van der Waals surface area contributed by atoms with Crippen LogP contribution in [0, 0.1) is 0 Å². The fourth-order valence-electron chi connectivity index (χ4n) is 1.14. The van der Waals surface area contributed by atoms with E-state index in [4.69, 9.17) is 11.6 Å². The molecule has 0 radical (unpaired) electrons. The Balaban J connectivity index is 5.84. The molecule has 17 heavy (non-hydrogen) atoms. The van der Waals surface area contributed by atoms with Gasteiger partial charge >= 0.3 is 16.1 Å². The van der Waals surface area contributed by atoms with Crippen LogP contribution in [0.4, 0.5) is 4.79 Å². The molecule has 0 fully saturated rings. The van der Waals surface area contributed by atoms with Gasteiger partial charge in [0.1, 0.15) is 6.54 Å². The van der Waals surface area contributed by atoms with E-state index in [0.717, 1.165) is 12.5 Å². The summed E-state index contributed by atoms with van der Waals surface area (Å²) < 4.78 is 44.1. The van der Waals surface area contributed by atoms with Crippen LogP contribution >= 0.6 is 11.6 Å². The average molecular weight is 309 g/mol. The molecular weight excluding hydrogens is 294 g/mol. The predicted molar refractivity (Wildman–Crippen MR) is 63.1 cm³/mol. The summed E-state index contributed by atoms with van der Waals surface area (Å²) in [5.74, 6) is -0.219. The minimum Gasteiger partial charge on any atom is -0.306 e. The number of nitrogens with zero attached hydrogens (tertiary/aromatic N) is 1. The van der Waals surface area contributed by atoms with Crippen LogP contribution in [0.3, 0.4) is 0 Å². The number of urea groups is 1. The number of hydrogen-bond acceptors (Lipinski definition) is 5. The highest BCUT2D eigenvalue weighted by Crippen LogP contribution is 2.12. The summed E-state index contributed by atoms with van der Waals surface area (Å²) in [6, 6.07) is -1.03. The van der Waals surface area contributed by atoms with Crippen LogP contribution in [0.15, 0.2) is 0 Å². The Morgan fingerprint density at radius 1 is 1.24 bits per heavy atom. The average Bonchev–Trinajstić information content (AvgIpc) is 2.11. The molecule has 2 N–H and O–H groups in total. The van der Waals surface area contributed by atoms with Crippen molar-refractivity contribution in [2.75, 3.05) is 32.0 Å². The molecule has 0 aliphatic heterocycles. The first-order valence-corrected chi connectivity index (χ1v) is 8.63. The van der Waals surface area contributed by atoms with Crippen LogP contribution in [0.1, 0.15) is 0 Å². The zero-order valence-electron chi connectivity index (χ0n) is 9.60. The van der Waals surface area contributed by atoms with Gasteiger partial charge in [-0.25, -0.2) is 13.2 Å². The van der Waals surface area contributed by atoms with Crippen molar-refractivity contribution < 1.29 is 25.6 Å². The minimum atomic E-state index is -4.08. The smallest absolute Gasteiger partial charge is 0.306 e. The van der Waals surface area contributed by atoms with Crippen molar-refractivity contribution in [2.45, 2.75) is 0 Å². The first kappa shape index (κ1) is 16.6. The van der Waals surface area contributed by atoms with Gasteiger partial charge < -0.3 is 5.32 Å². The van der Waals surface area contributed by atoms with Crippen LogP contribution in [0.5, 0.6) is 0 Å². The molecule has 2 amide bonds. The summed E-state index contributed by atoms with van der Waals surface area (Å²) in [5, 5.41) is 2.09. The van der Waals surface area contributed by atoms with E-state index in [1.54, 1.807) is 4.83 Å². The number of amides is 2. The second-order valence-electron chi connectivity index (χ2n) is 3.30. The second-order valence-corrected chi connectivity index (χ2v) is 7.50. The Labute approximate surface area is 106 Å². The van der Waals surface area contributed by atoms with Gasteiger partial charge in [-0.15, -0.1) is 11.6 Å². The van der Waals surface area contributed by atoms with Crippen LogP contribution in [0.2, 0.25) is 0 Å². The molecule has 1 atom stereocenters. The Bertz CT molecular complexity index is 488. The molecule has 0 aromatic rings. The van der Waals surface area contributed by atoms with Crippen molar-refractivity contribution in [1.82, 2.24) is 10.1 Å².